The van der Waals surface area contributed by atoms with Crippen molar-refractivity contribution in [1.82, 2.24) is 31.1 Å². The van der Waals surface area contributed by atoms with Crippen LogP contribution in [-0.4, -0.2) is 37.8 Å². The van der Waals surface area contributed by atoms with Gasteiger partial charge in [0.25, 0.3) is 5.91 Å². The number of carbonyl (C=O) groups excluding carboxylic acids is 2. The minimum atomic E-state index is -0.781. The van der Waals surface area contributed by atoms with Crippen molar-refractivity contribution in [2.75, 3.05) is 5.75 Å². The average molecular weight is 390 g/mol. The van der Waals surface area contributed by atoms with Crippen molar-refractivity contribution in [2.45, 2.75) is 5.16 Å². The lowest BCUT2D eigenvalue weighted by atomic mass is 10.2. The maximum absolute atomic E-state index is 13.5. The maximum atomic E-state index is 13.5. The van der Waals surface area contributed by atoms with Gasteiger partial charge in [-0.25, -0.2) is 8.78 Å². The van der Waals surface area contributed by atoms with Gasteiger partial charge in [0.05, 0.1) is 17.0 Å². The van der Waals surface area contributed by atoms with Crippen LogP contribution in [0.2, 0.25) is 0 Å². The van der Waals surface area contributed by atoms with E-state index in [1.165, 1.54) is 41.1 Å². The third kappa shape index (κ3) is 4.64. The first-order valence-electron chi connectivity index (χ1n) is 7.55. The number of thioether (sulfide) groups is 1. The van der Waals surface area contributed by atoms with Crippen molar-refractivity contribution in [1.29, 1.82) is 0 Å². The van der Waals surface area contributed by atoms with Gasteiger partial charge in [0.15, 0.2) is 0 Å². The monoisotopic (exact) mass is 390 g/mol. The second-order valence-electron chi connectivity index (χ2n) is 5.12. The molecule has 0 spiro atoms. The predicted octanol–water partition coefficient (Wildman–Crippen LogP) is 1.49. The van der Waals surface area contributed by atoms with Gasteiger partial charge < -0.3 is 0 Å². The summed E-state index contributed by atoms with van der Waals surface area (Å²) in [6, 6.07) is 11.0. The number of tetrazole rings is 1. The van der Waals surface area contributed by atoms with Crippen LogP contribution >= 0.6 is 11.8 Å². The molecule has 11 heteroatoms. The Bertz CT molecular complexity index is 981. The summed E-state index contributed by atoms with van der Waals surface area (Å²) < 4.78 is 28.1. The molecule has 0 atom stereocenters. The maximum Gasteiger partial charge on any atom is 0.272 e. The topological polar surface area (TPSA) is 102 Å². The molecule has 0 aliphatic heterocycles. The number of benzene rings is 2. The van der Waals surface area contributed by atoms with Crippen molar-refractivity contribution >= 4 is 23.6 Å². The number of rotatable bonds is 5. The highest BCUT2D eigenvalue weighted by Gasteiger charge is 2.14. The second-order valence-corrected chi connectivity index (χ2v) is 6.07. The number of hydrogen-bond acceptors (Lipinski definition) is 6. The minimum Gasteiger partial charge on any atom is -0.272 e. The first-order chi connectivity index (χ1) is 13.0. The molecular formula is C16H12F2N6O2S. The highest BCUT2D eigenvalue weighted by Crippen LogP contribution is 2.18. The highest BCUT2D eigenvalue weighted by atomic mass is 32.2. The van der Waals surface area contributed by atoms with Crippen LogP contribution in [0.1, 0.15) is 10.4 Å². The smallest absolute Gasteiger partial charge is 0.272 e. The van der Waals surface area contributed by atoms with Crippen LogP contribution in [-0.2, 0) is 4.79 Å². The van der Waals surface area contributed by atoms with Crippen LogP contribution in [0.15, 0.2) is 53.7 Å². The van der Waals surface area contributed by atoms with Gasteiger partial charge in [0.1, 0.15) is 11.6 Å². The van der Waals surface area contributed by atoms with Gasteiger partial charge in [0, 0.05) is 0 Å². The molecule has 0 aliphatic rings. The zero-order valence-corrected chi connectivity index (χ0v) is 14.4. The lowest BCUT2D eigenvalue weighted by molar-refractivity contribution is -0.119. The van der Waals surface area contributed by atoms with Gasteiger partial charge >= 0.3 is 0 Å². The van der Waals surface area contributed by atoms with Gasteiger partial charge in [-0.1, -0.05) is 30.0 Å². The summed E-state index contributed by atoms with van der Waals surface area (Å²) in [6.07, 6.45) is 0. The van der Waals surface area contributed by atoms with E-state index in [0.717, 1.165) is 17.8 Å². The Morgan fingerprint density at radius 1 is 1.07 bits per heavy atom. The molecule has 2 N–H and O–H groups in total. The Morgan fingerprint density at radius 2 is 1.89 bits per heavy atom. The highest BCUT2D eigenvalue weighted by molar-refractivity contribution is 7.99. The molecule has 0 bridgehead atoms. The summed E-state index contributed by atoms with van der Waals surface area (Å²) in [4.78, 5) is 23.7. The molecular weight excluding hydrogens is 378 g/mol. The minimum absolute atomic E-state index is 0.132. The molecule has 3 aromatic rings. The molecule has 0 saturated carbocycles. The van der Waals surface area contributed by atoms with E-state index in [1.807, 2.05) is 0 Å². The first kappa shape index (κ1) is 18.5. The molecule has 1 heterocycles. The quantitative estimate of drug-likeness (QED) is 0.506. The second kappa shape index (κ2) is 8.36. The molecule has 2 aromatic carbocycles. The Labute approximate surface area is 155 Å². The lowest BCUT2D eigenvalue weighted by Crippen LogP contribution is -2.42. The lowest BCUT2D eigenvalue weighted by Gasteiger charge is -2.08. The van der Waals surface area contributed by atoms with Crippen molar-refractivity contribution in [3.05, 3.63) is 65.7 Å². The number of hydrazine groups is 1. The molecule has 27 heavy (non-hydrogen) atoms. The number of carbonyl (C=O) groups is 2. The van der Waals surface area contributed by atoms with E-state index in [4.69, 9.17) is 0 Å². The van der Waals surface area contributed by atoms with E-state index in [-0.39, 0.29) is 16.5 Å². The zero-order valence-electron chi connectivity index (χ0n) is 13.6. The van der Waals surface area contributed by atoms with Crippen LogP contribution in [0, 0.1) is 11.6 Å². The van der Waals surface area contributed by atoms with E-state index in [1.54, 1.807) is 6.07 Å². The van der Waals surface area contributed by atoms with Gasteiger partial charge in [-0.2, -0.15) is 4.68 Å². The van der Waals surface area contributed by atoms with Crippen molar-refractivity contribution in [2.24, 2.45) is 0 Å². The van der Waals surface area contributed by atoms with E-state index in [9.17, 15) is 18.4 Å². The SMILES string of the molecule is O=C(CSc1nnnn1-c1cccc(F)c1)NNC(=O)c1ccccc1F. The Morgan fingerprint density at radius 3 is 2.67 bits per heavy atom. The fraction of sp³-hybridized carbons (Fsp3) is 0.0625. The van der Waals surface area contributed by atoms with Crippen molar-refractivity contribution in [3.8, 4) is 5.69 Å². The summed E-state index contributed by atoms with van der Waals surface area (Å²) in [5.41, 5.74) is 4.50. The fourth-order valence-corrected chi connectivity index (χ4v) is 2.73. The normalized spacial score (nSPS) is 10.4. The molecule has 138 valence electrons. The number of halogens is 2. The Balaban J connectivity index is 1.55. The molecule has 0 aliphatic carbocycles. The summed E-state index contributed by atoms with van der Waals surface area (Å²) >= 11 is 0.980. The largest absolute Gasteiger partial charge is 0.272 e. The summed E-state index contributed by atoms with van der Waals surface area (Å²) in [7, 11) is 0. The predicted molar refractivity (Wildman–Crippen MR) is 91.8 cm³/mol. The zero-order chi connectivity index (χ0) is 19.2. The van der Waals surface area contributed by atoms with Gasteiger partial charge in [-0.15, -0.1) is 5.10 Å². The first-order valence-corrected chi connectivity index (χ1v) is 8.54. The molecule has 8 nitrogen and oxygen atoms in total. The number of hydrogen-bond donors (Lipinski definition) is 2. The van der Waals surface area contributed by atoms with Crippen LogP contribution in [0.4, 0.5) is 8.78 Å². The summed E-state index contributed by atoms with van der Waals surface area (Å²) in [5, 5.41) is 11.3. The van der Waals surface area contributed by atoms with Crippen LogP contribution in [0.25, 0.3) is 5.69 Å². The standard InChI is InChI=1S/C16H12F2N6O2S/c17-10-4-3-5-11(8-10)24-16(21-22-23-24)27-9-14(25)19-20-15(26)12-6-1-2-7-13(12)18/h1-8H,9H2,(H,19,25)(H,20,26). The number of nitrogens with one attached hydrogen (secondary N) is 2. The Kier molecular flexibility index (Phi) is 5.71. The molecule has 2 amide bonds. The molecule has 3 rings (SSSR count). The number of nitrogens with zero attached hydrogens (tertiary/aromatic N) is 4. The third-order valence-corrected chi connectivity index (χ3v) is 4.18. The molecule has 0 fully saturated rings. The van der Waals surface area contributed by atoms with Crippen molar-refractivity contribution < 1.29 is 18.4 Å². The fourth-order valence-electron chi connectivity index (χ4n) is 2.04. The number of aromatic nitrogens is 4. The average Bonchev–Trinajstić information content (AvgIpc) is 3.13. The molecule has 1 aromatic heterocycles. The van der Waals surface area contributed by atoms with Gasteiger partial charge in [-0.05, 0) is 40.8 Å². The van der Waals surface area contributed by atoms with Gasteiger partial charge in [-0.3, -0.25) is 20.4 Å². The van der Waals surface area contributed by atoms with Gasteiger partial charge in [0.2, 0.25) is 11.1 Å². The summed E-state index contributed by atoms with van der Waals surface area (Å²) in [5.74, 6) is -2.62. The van der Waals surface area contributed by atoms with Crippen molar-refractivity contribution in [3.63, 3.8) is 0 Å². The van der Waals surface area contributed by atoms with Crippen LogP contribution in [0.3, 0.4) is 0 Å². The molecule has 0 saturated heterocycles. The van der Waals surface area contributed by atoms with E-state index < -0.39 is 23.4 Å². The Hall–Kier alpha value is -3.34. The van der Waals surface area contributed by atoms with Crippen LogP contribution < -0.4 is 10.9 Å². The van der Waals surface area contributed by atoms with E-state index in [0.29, 0.717) is 5.69 Å². The van der Waals surface area contributed by atoms with E-state index in [2.05, 4.69) is 26.4 Å². The summed E-state index contributed by atoms with van der Waals surface area (Å²) in [6.45, 7) is 0. The third-order valence-electron chi connectivity index (χ3n) is 3.26. The number of amides is 2. The molecule has 0 unspecified atom stereocenters. The van der Waals surface area contributed by atoms with E-state index >= 15 is 0 Å². The van der Waals surface area contributed by atoms with Crippen LogP contribution in [0.5, 0.6) is 0 Å². The molecule has 0 radical (unpaired) electrons.